The molecule has 0 aliphatic carbocycles. The van der Waals surface area contributed by atoms with Crippen molar-refractivity contribution in [3.8, 4) is 5.75 Å². The van der Waals surface area contributed by atoms with Gasteiger partial charge < -0.3 is 10.5 Å². The standard InChI is InChI=1S/C12H17NO/c1-8-4-5-9-10(13)7-12(2,3)14-11(9)6-8/h4-6,10H,7,13H2,1-3H3. The van der Waals surface area contributed by atoms with Gasteiger partial charge in [0.25, 0.3) is 0 Å². The van der Waals surface area contributed by atoms with Crippen LogP contribution in [-0.4, -0.2) is 5.60 Å². The molecule has 0 saturated heterocycles. The van der Waals surface area contributed by atoms with Crippen molar-refractivity contribution in [2.45, 2.75) is 38.8 Å². The minimum absolute atomic E-state index is 0.106. The average Bonchev–Trinajstić information content (AvgIpc) is 2.00. The fraction of sp³-hybridized carbons (Fsp3) is 0.500. The molecule has 2 rings (SSSR count). The van der Waals surface area contributed by atoms with Crippen LogP contribution in [-0.2, 0) is 0 Å². The highest BCUT2D eigenvalue weighted by atomic mass is 16.5. The summed E-state index contributed by atoms with van der Waals surface area (Å²) in [6.07, 6.45) is 0.878. The summed E-state index contributed by atoms with van der Waals surface area (Å²) in [4.78, 5) is 0. The lowest BCUT2D eigenvalue weighted by Gasteiger charge is -2.36. The van der Waals surface area contributed by atoms with Crippen LogP contribution in [0.4, 0.5) is 0 Å². The molecule has 1 aliphatic heterocycles. The lowest BCUT2D eigenvalue weighted by atomic mass is 9.90. The van der Waals surface area contributed by atoms with Crippen LogP contribution in [0.3, 0.4) is 0 Å². The van der Waals surface area contributed by atoms with Gasteiger partial charge in [0.15, 0.2) is 0 Å². The van der Waals surface area contributed by atoms with Gasteiger partial charge in [-0.15, -0.1) is 0 Å². The number of hydrogen-bond acceptors (Lipinski definition) is 2. The fourth-order valence-electron chi connectivity index (χ4n) is 2.02. The van der Waals surface area contributed by atoms with E-state index in [2.05, 4.69) is 39.0 Å². The van der Waals surface area contributed by atoms with Gasteiger partial charge in [-0.1, -0.05) is 12.1 Å². The molecule has 1 aliphatic rings. The summed E-state index contributed by atoms with van der Waals surface area (Å²) < 4.78 is 5.89. The molecule has 2 N–H and O–H groups in total. The summed E-state index contributed by atoms with van der Waals surface area (Å²) in [6.45, 7) is 6.23. The summed E-state index contributed by atoms with van der Waals surface area (Å²) in [5, 5.41) is 0. The van der Waals surface area contributed by atoms with Crippen molar-refractivity contribution < 1.29 is 4.74 Å². The molecule has 1 aromatic rings. The van der Waals surface area contributed by atoms with Gasteiger partial charge in [0.05, 0.1) is 0 Å². The number of nitrogens with two attached hydrogens (primary N) is 1. The summed E-state index contributed by atoms with van der Waals surface area (Å²) >= 11 is 0. The van der Waals surface area contributed by atoms with E-state index in [4.69, 9.17) is 10.5 Å². The van der Waals surface area contributed by atoms with Crippen LogP contribution >= 0.6 is 0 Å². The second-order valence-electron chi connectivity index (χ2n) is 4.71. The van der Waals surface area contributed by atoms with Crippen molar-refractivity contribution in [3.05, 3.63) is 29.3 Å². The summed E-state index contributed by atoms with van der Waals surface area (Å²) in [6, 6.07) is 6.33. The second kappa shape index (κ2) is 2.99. The zero-order chi connectivity index (χ0) is 10.3. The Morgan fingerprint density at radius 3 is 2.86 bits per heavy atom. The minimum Gasteiger partial charge on any atom is -0.487 e. The van der Waals surface area contributed by atoms with E-state index in [1.807, 2.05) is 0 Å². The molecule has 2 heteroatoms. The van der Waals surface area contributed by atoms with Gasteiger partial charge in [-0.2, -0.15) is 0 Å². The van der Waals surface area contributed by atoms with E-state index in [1.165, 1.54) is 5.56 Å². The molecule has 1 aromatic carbocycles. The average molecular weight is 191 g/mol. The SMILES string of the molecule is Cc1ccc2c(c1)OC(C)(C)CC2N. The molecule has 0 fully saturated rings. The number of rotatable bonds is 0. The Labute approximate surface area is 85.1 Å². The Balaban J connectivity index is 2.46. The Bertz CT molecular complexity index is 357. The maximum atomic E-state index is 6.09. The quantitative estimate of drug-likeness (QED) is 0.684. The maximum absolute atomic E-state index is 6.09. The van der Waals surface area contributed by atoms with Gasteiger partial charge in [-0.25, -0.2) is 0 Å². The molecular weight excluding hydrogens is 174 g/mol. The molecule has 0 radical (unpaired) electrons. The summed E-state index contributed by atoms with van der Waals surface area (Å²) in [7, 11) is 0. The van der Waals surface area contributed by atoms with Crippen molar-refractivity contribution in [1.82, 2.24) is 0 Å². The Kier molecular flexibility index (Phi) is 2.04. The van der Waals surface area contributed by atoms with Gasteiger partial charge in [0.1, 0.15) is 11.4 Å². The van der Waals surface area contributed by atoms with E-state index in [-0.39, 0.29) is 11.6 Å². The van der Waals surface area contributed by atoms with Gasteiger partial charge in [0, 0.05) is 18.0 Å². The largest absolute Gasteiger partial charge is 0.487 e. The maximum Gasteiger partial charge on any atom is 0.125 e. The summed E-state index contributed by atoms with van der Waals surface area (Å²) in [5.74, 6) is 0.953. The molecule has 0 bridgehead atoms. The summed E-state index contributed by atoms with van der Waals surface area (Å²) in [5.41, 5.74) is 8.30. The fourth-order valence-corrected chi connectivity index (χ4v) is 2.02. The third-order valence-corrected chi connectivity index (χ3v) is 2.67. The first-order valence-electron chi connectivity index (χ1n) is 5.03. The molecule has 0 saturated carbocycles. The van der Waals surface area contributed by atoms with Crippen molar-refractivity contribution in [1.29, 1.82) is 0 Å². The van der Waals surface area contributed by atoms with E-state index < -0.39 is 0 Å². The van der Waals surface area contributed by atoms with Crippen molar-refractivity contribution in [2.24, 2.45) is 5.73 Å². The van der Waals surface area contributed by atoms with Crippen molar-refractivity contribution >= 4 is 0 Å². The molecule has 14 heavy (non-hydrogen) atoms. The minimum atomic E-state index is -0.139. The van der Waals surface area contributed by atoms with Crippen LogP contribution in [0.15, 0.2) is 18.2 Å². The number of aryl methyl sites for hydroxylation is 1. The Morgan fingerprint density at radius 1 is 1.43 bits per heavy atom. The van der Waals surface area contributed by atoms with Crippen LogP contribution in [0, 0.1) is 6.92 Å². The van der Waals surface area contributed by atoms with Crippen LogP contribution < -0.4 is 10.5 Å². The van der Waals surface area contributed by atoms with Gasteiger partial charge >= 0.3 is 0 Å². The van der Waals surface area contributed by atoms with E-state index in [9.17, 15) is 0 Å². The van der Waals surface area contributed by atoms with E-state index >= 15 is 0 Å². The number of fused-ring (bicyclic) bond motifs is 1. The van der Waals surface area contributed by atoms with Gasteiger partial charge in [0.2, 0.25) is 0 Å². The zero-order valence-corrected chi connectivity index (χ0v) is 9.00. The van der Waals surface area contributed by atoms with Crippen molar-refractivity contribution in [3.63, 3.8) is 0 Å². The normalized spacial score (nSPS) is 23.9. The topological polar surface area (TPSA) is 35.2 Å². The van der Waals surface area contributed by atoms with Crippen LogP contribution in [0.25, 0.3) is 0 Å². The molecule has 76 valence electrons. The van der Waals surface area contributed by atoms with Crippen molar-refractivity contribution in [2.75, 3.05) is 0 Å². The third-order valence-electron chi connectivity index (χ3n) is 2.67. The van der Waals surface area contributed by atoms with Crippen LogP contribution in [0.5, 0.6) is 5.75 Å². The molecule has 1 heterocycles. The van der Waals surface area contributed by atoms with Gasteiger partial charge in [-0.3, -0.25) is 0 Å². The molecule has 2 nitrogen and oxygen atoms in total. The van der Waals surface area contributed by atoms with Crippen LogP contribution in [0.2, 0.25) is 0 Å². The van der Waals surface area contributed by atoms with Gasteiger partial charge in [-0.05, 0) is 32.4 Å². The number of hydrogen-bond donors (Lipinski definition) is 1. The highest BCUT2D eigenvalue weighted by Crippen LogP contribution is 2.38. The molecule has 0 spiro atoms. The molecular formula is C12H17NO. The lowest BCUT2D eigenvalue weighted by molar-refractivity contribution is 0.0728. The van der Waals surface area contributed by atoms with E-state index in [0.29, 0.717) is 0 Å². The second-order valence-corrected chi connectivity index (χ2v) is 4.71. The monoisotopic (exact) mass is 191 g/mol. The predicted molar refractivity (Wildman–Crippen MR) is 57.4 cm³/mol. The first-order chi connectivity index (χ1) is 6.48. The smallest absolute Gasteiger partial charge is 0.125 e. The third kappa shape index (κ3) is 1.62. The Hall–Kier alpha value is -1.02. The highest BCUT2D eigenvalue weighted by Gasteiger charge is 2.31. The molecule has 0 aromatic heterocycles. The highest BCUT2D eigenvalue weighted by molar-refractivity contribution is 5.41. The lowest BCUT2D eigenvalue weighted by Crippen LogP contribution is -2.37. The van der Waals surface area contributed by atoms with E-state index in [0.717, 1.165) is 17.7 Å². The van der Waals surface area contributed by atoms with E-state index in [1.54, 1.807) is 0 Å². The molecule has 0 amide bonds. The number of ether oxygens (including phenoxy) is 1. The zero-order valence-electron chi connectivity index (χ0n) is 9.00. The molecule has 1 unspecified atom stereocenters. The van der Waals surface area contributed by atoms with Crippen LogP contribution in [0.1, 0.15) is 37.4 Å². The first kappa shape index (κ1) is 9.53. The molecule has 1 atom stereocenters. The number of benzene rings is 1. The Morgan fingerprint density at radius 2 is 2.14 bits per heavy atom. The first-order valence-corrected chi connectivity index (χ1v) is 5.03. The predicted octanol–water partition coefficient (Wildman–Crippen LogP) is 2.56.